The van der Waals surface area contributed by atoms with E-state index < -0.39 is 0 Å². The molecule has 1 amide bonds. The maximum absolute atomic E-state index is 13.2. The summed E-state index contributed by atoms with van der Waals surface area (Å²) < 4.78 is 5.16. The molecule has 1 aliphatic rings. The highest BCUT2D eigenvalue weighted by atomic mass is 32.1. The molecular weight excluding hydrogens is 394 g/mol. The molecule has 1 saturated heterocycles. The van der Waals surface area contributed by atoms with E-state index in [1.54, 1.807) is 7.11 Å². The van der Waals surface area contributed by atoms with E-state index in [9.17, 15) is 9.59 Å². The van der Waals surface area contributed by atoms with Crippen LogP contribution in [-0.2, 0) is 0 Å². The minimum Gasteiger partial charge on any atom is -0.497 e. The van der Waals surface area contributed by atoms with E-state index in [0.29, 0.717) is 31.5 Å². The van der Waals surface area contributed by atoms with Crippen molar-refractivity contribution in [2.75, 3.05) is 20.2 Å². The number of aryl methyl sites for hydroxylation is 1. The van der Waals surface area contributed by atoms with Crippen LogP contribution in [0.3, 0.4) is 0 Å². The Labute approximate surface area is 181 Å². The Hall–Kier alpha value is -2.92. The number of amides is 1. The fourth-order valence-corrected chi connectivity index (χ4v) is 4.80. The van der Waals surface area contributed by atoms with Gasteiger partial charge in [-0.3, -0.25) is 9.59 Å². The van der Waals surface area contributed by atoms with Crippen LogP contribution in [0.4, 0.5) is 0 Å². The zero-order chi connectivity index (χ0) is 21.1. The molecule has 1 aliphatic heterocycles. The quantitative estimate of drug-likeness (QED) is 0.516. The lowest BCUT2D eigenvalue weighted by Crippen LogP contribution is -2.40. The zero-order valence-corrected chi connectivity index (χ0v) is 18.1. The van der Waals surface area contributed by atoms with Crippen LogP contribution in [0.2, 0.25) is 0 Å². The molecule has 1 aromatic heterocycles. The lowest BCUT2D eigenvalue weighted by atomic mass is 9.88. The minimum atomic E-state index is -0.0395. The van der Waals surface area contributed by atoms with E-state index >= 15 is 0 Å². The largest absolute Gasteiger partial charge is 0.497 e. The SMILES string of the molecule is COc1ccc(C(=O)C2CCN(C(=O)c3sccc3-c3ccc(C)cc3)CC2)cc1. The number of methoxy groups -OCH3 is 1. The molecule has 30 heavy (non-hydrogen) atoms. The van der Waals surface area contributed by atoms with Crippen LogP contribution < -0.4 is 4.74 Å². The van der Waals surface area contributed by atoms with E-state index in [4.69, 9.17) is 4.74 Å². The fourth-order valence-electron chi connectivity index (χ4n) is 3.91. The molecule has 0 spiro atoms. The normalized spacial score (nSPS) is 14.5. The number of hydrogen-bond acceptors (Lipinski definition) is 4. The van der Waals surface area contributed by atoms with E-state index in [-0.39, 0.29) is 17.6 Å². The second-order valence-corrected chi connectivity index (χ2v) is 8.60. The number of thiophene rings is 1. The van der Waals surface area contributed by atoms with Crippen molar-refractivity contribution >= 4 is 23.0 Å². The number of likely N-dealkylation sites (tertiary alicyclic amines) is 1. The molecule has 0 atom stereocenters. The first-order valence-electron chi connectivity index (χ1n) is 10.2. The van der Waals surface area contributed by atoms with Crippen LogP contribution in [0.15, 0.2) is 60.0 Å². The lowest BCUT2D eigenvalue weighted by molar-refractivity contribution is 0.0655. The molecule has 154 valence electrons. The summed E-state index contributed by atoms with van der Waals surface area (Å²) >= 11 is 1.49. The highest BCUT2D eigenvalue weighted by Crippen LogP contribution is 2.31. The van der Waals surface area contributed by atoms with Crippen LogP contribution in [0.25, 0.3) is 11.1 Å². The Kier molecular flexibility index (Phi) is 6.00. The number of hydrogen-bond donors (Lipinski definition) is 0. The van der Waals surface area contributed by atoms with Crippen LogP contribution in [0.5, 0.6) is 5.75 Å². The number of carbonyl (C=O) groups excluding carboxylic acids is 2. The molecule has 0 aliphatic carbocycles. The first kappa shape index (κ1) is 20.4. The number of benzene rings is 2. The van der Waals surface area contributed by atoms with E-state index in [0.717, 1.165) is 21.8 Å². The number of rotatable bonds is 5. The van der Waals surface area contributed by atoms with Gasteiger partial charge in [0.15, 0.2) is 5.78 Å². The zero-order valence-electron chi connectivity index (χ0n) is 17.3. The molecule has 0 unspecified atom stereocenters. The predicted molar refractivity (Wildman–Crippen MR) is 120 cm³/mol. The van der Waals surface area contributed by atoms with Crippen molar-refractivity contribution in [1.29, 1.82) is 0 Å². The van der Waals surface area contributed by atoms with Crippen LogP contribution in [-0.4, -0.2) is 36.8 Å². The van der Waals surface area contributed by atoms with Gasteiger partial charge in [-0.2, -0.15) is 0 Å². The van der Waals surface area contributed by atoms with Crippen LogP contribution >= 0.6 is 11.3 Å². The molecule has 3 aromatic rings. The second kappa shape index (κ2) is 8.84. The smallest absolute Gasteiger partial charge is 0.264 e. The standard InChI is InChI=1S/C25H25NO3S/c1-17-3-5-18(6-4-17)22-13-16-30-24(22)25(28)26-14-11-20(12-15-26)23(27)19-7-9-21(29-2)10-8-19/h3-10,13,16,20H,11-12,14-15H2,1-2H3. The van der Waals surface area contributed by atoms with Gasteiger partial charge in [-0.15, -0.1) is 11.3 Å². The van der Waals surface area contributed by atoms with E-state index in [1.165, 1.54) is 16.9 Å². The molecule has 4 nitrogen and oxygen atoms in total. The Morgan fingerprint density at radius 2 is 1.63 bits per heavy atom. The Balaban J connectivity index is 1.42. The lowest BCUT2D eigenvalue weighted by Gasteiger charge is -2.31. The van der Waals surface area contributed by atoms with Crippen molar-refractivity contribution < 1.29 is 14.3 Å². The summed E-state index contributed by atoms with van der Waals surface area (Å²) in [4.78, 5) is 28.7. The van der Waals surface area contributed by atoms with Gasteiger partial charge in [-0.25, -0.2) is 0 Å². The maximum atomic E-state index is 13.2. The Morgan fingerprint density at radius 1 is 0.967 bits per heavy atom. The van der Waals surface area contributed by atoms with Crippen molar-refractivity contribution in [3.05, 3.63) is 76.0 Å². The number of piperidine rings is 1. The monoisotopic (exact) mass is 419 g/mol. The van der Waals surface area contributed by atoms with E-state index in [2.05, 4.69) is 31.2 Å². The first-order valence-corrected chi connectivity index (χ1v) is 11.1. The predicted octanol–water partition coefficient (Wildman–Crippen LogP) is 5.47. The topological polar surface area (TPSA) is 46.6 Å². The van der Waals surface area contributed by atoms with Gasteiger partial charge in [-0.05, 0) is 61.0 Å². The summed E-state index contributed by atoms with van der Waals surface area (Å²) in [5.41, 5.74) is 3.96. The summed E-state index contributed by atoms with van der Waals surface area (Å²) in [6.07, 6.45) is 1.39. The molecule has 0 N–H and O–H groups in total. The molecule has 0 saturated carbocycles. The van der Waals surface area contributed by atoms with Crippen molar-refractivity contribution in [1.82, 2.24) is 4.90 Å². The number of nitrogens with zero attached hydrogens (tertiary/aromatic N) is 1. The van der Waals surface area contributed by atoms with Gasteiger partial charge >= 0.3 is 0 Å². The third kappa shape index (κ3) is 4.17. The van der Waals surface area contributed by atoms with Gasteiger partial charge in [0.2, 0.25) is 0 Å². The maximum Gasteiger partial charge on any atom is 0.264 e. The summed E-state index contributed by atoms with van der Waals surface area (Å²) in [5, 5.41) is 1.97. The average Bonchev–Trinajstić information content (AvgIpc) is 3.29. The average molecular weight is 420 g/mol. The Bertz CT molecular complexity index is 1030. The van der Waals surface area contributed by atoms with Crippen LogP contribution in [0, 0.1) is 12.8 Å². The summed E-state index contributed by atoms with van der Waals surface area (Å²) in [5.74, 6) is 0.923. The summed E-state index contributed by atoms with van der Waals surface area (Å²) in [6, 6.07) is 17.5. The molecule has 0 radical (unpaired) electrons. The van der Waals surface area contributed by atoms with Gasteiger partial charge in [0.05, 0.1) is 12.0 Å². The van der Waals surface area contributed by atoms with Crippen LogP contribution in [0.1, 0.15) is 38.4 Å². The molecule has 4 rings (SSSR count). The molecule has 5 heteroatoms. The molecule has 2 aromatic carbocycles. The number of Topliss-reactive ketones (excluding diaryl/α,β-unsaturated/α-hetero) is 1. The summed E-state index contributed by atoms with van der Waals surface area (Å²) in [6.45, 7) is 3.27. The van der Waals surface area contributed by atoms with Crippen molar-refractivity contribution in [3.8, 4) is 16.9 Å². The molecule has 2 heterocycles. The first-order chi connectivity index (χ1) is 14.6. The number of carbonyl (C=O) groups is 2. The van der Waals surface area contributed by atoms with Crippen molar-refractivity contribution in [3.63, 3.8) is 0 Å². The fraction of sp³-hybridized carbons (Fsp3) is 0.280. The Morgan fingerprint density at radius 3 is 2.27 bits per heavy atom. The minimum absolute atomic E-state index is 0.0395. The highest BCUT2D eigenvalue weighted by molar-refractivity contribution is 7.12. The van der Waals surface area contributed by atoms with Gasteiger partial charge < -0.3 is 9.64 Å². The molecule has 0 bridgehead atoms. The van der Waals surface area contributed by atoms with Gasteiger partial charge in [0.1, 0.15) is 5.75 Å². The third-order valence-electron chi connectivity index (χ3n) is 5.75. The molecule has 1 fully saturated rings. The van der Waals surface area contributed by atoms with E-state index in [1.807, 2.05) is 40.6 Å². The van der Waals surface area contributed by atoms with Crippen molar-refractivity contribution in [2.45, 2.75) is 19.8 Å². The van der Waals surface area contributed by atoms with Gasteiger partial charge in [-0.1, -0.05) is 29.8 Å². The summed E-state index contributed by atoms with van der Waals surface area (Å²) in [7, 11) is 1.61. The van der Waals surface area contributed by atoms with Gasteiger partial charge in [0, 0.05) is 30.1 Å². The van der Waals surface area contributed by atoms with Gasteiger partial charge in [0.25, 0.3) is 5.91 Å². The second-order valence-electron chi connectivity index (χ2n) is 7.69. The molecular formula is C25H25NO3S. The number of ketones is 1. The third-order valence-corrected chi connectivity index (χ3v) is 6.65. The number of ether oxygens (including phenoxy) is 1. The van der Waals surface area contributed by atoms with Crippen molar-refractivity contribution in [2.24, 2.45) is 5.92 Å². The highest BCUT2D eigenvalue weighted by Gasteiger charge is 2.29.